The fourth-order valence-corrected chi connectivity index (χ4v) is 1.09. The van der Waals surface area contributed by atoms with Crippen LogP contribution in [0.4, 0.5) is 0 Å². The summed E-state index contributed by atoms with van der Waals surface area (Å²) in [4.78, 5) is 9.91. The van der Waals surface area contributed by atoms with Gasteiger partial charge in [0.25, 0.3) is 0 Å². The molecule has 0 aromatic carbocycles. The Balaban J connectivity index is 2.25. The van der Waals surface area contributed by atoms with E-state index in [0.717, 1.165) is 25.7 Å². The molecule has 10 heavy (non-hydrogen) atoms. The molecule has 0 spiro atoms. The molecule has 1 aliphatic rings. The van der Waals surface area contributed by atoms with Crippen molar-refractivity contribution in [2.75, 3.05) is 6.61 Å². The molecule has 1 fully saturated rings. The van der Waals surface area contributed by atoms with Gasteiger partial charge in [-0.2, -0.15) is 0 Å². The molecule has 2 heteroatoms. The van der Waals surface area contributed by atoms with Crippen LogP contribution in [0.1, 0.15) is 19.3 Å². The van der Waals surface area contributed by atoms with Crippen LogP contribution in [0.3, 0.4) is 0 Å². The van der Waals surface area contributed by atoms with Gasteiger partial charge in [0.1, 0.15) is 6.29 Å². The van der Waals surface area contributed by atoms with Crippen molar-refractivity contribution in [1.29, 1.82) is 0 Å². The minimum Gasteiger partial charge on any atom is -0.374 e. The highest BCUT2D eigenvalue weighted by Crippen LogP contribution is 2.12. The number of carbonyl (C=O) groups excluding carboxylic acids is 1. The monoisotopic (exact) mass is 140 g/mol. The molecule has 1 heterocycles. The normalized spacial score (nSPS) is 27.0. The summed E-state index contributed by atoms with van der Waals surface area (Å²) in [6.45, 7) is 0.841. The Morgan fingerprint density at radius 2 is 2.30 bits per heavy atom. The van der Waals surface area contributed by atoms with E-state index in [1.165, 1.54) is 12.5 Å². The highest BCUT2D eigenvalue weighted by Gasteiger charge is 2.08. The van der Waals surface area contributed by atoms with Gasteiger partial charge in [0.05, 0.1) is 6.10 Å². The Morgan fingerprint density at radius 1 is 1.40 bits per heavy atom. The van der Waals surface area contributed by atoms with Crippen molar-refractivity contribution in [2.24, 2.45) is 0 Å². The van der Waals surface area contributed by atoms with Gasteiger partial charge in [0.2, 0.25) is 0 Å². The molecule has 1 saturated heterocycles. The van der Waals surface area contributed by atoms with Crippen molar-refractivity contribution in [3.05, 3.63) is 12.2 Å². The predicted octanol–water partition coefficient (Wildman–Crippen LogP) is 1.31. The second-order valence-electron chi connectivity index (χ2n) is 2.43. The third-order valence-electron chi connectivity index (χ3n) is 1.62. The number of aldehydes is 1. The van der Waals surface area contributed by atoms with E-state index in [-0.39, 0.29) is 6.10 Å². The van der Waals surface area contributed by atoms with Crippen LogP contribution in [0, 0.1) is 0 Å². The SMILES string of the molecule is O=C/C=C\C1CCCCO1. The van der Waals surface area contributed by atoms with Gasteiger partial charge in [-0.25, -0.2) is 0 Å². The van der Waals surface area contributed by atoms with Crippen molar-refractivity contribution in [1.82, 2.24) is 0 Å². The molecule has 0 saturated carbocycles. The van der Waals surface area contributed by atoms with Crippen molar-refractivity contribution >= 4 is 6.29 Å². The Morgan fingerprint density at radius 3 is 2.90 bits per heavy atom. The zero-order chi connectivity index (χ0) is 7.23. The highest BCUT2D eigenvalue weighted by molar-refractivity contribution is 5.64. The minimum atomic E-state index is 0.193. The standard InChI is InChI=1S/C8H12O2/c9-6-3-5-8-4-1-2-7-10-8/h3,5-6,8H,1-2,4,7H2/b5-3-. The molecule has 1 aliphatic heterocycles. The van der Waals surface area contributed by atoms with E-state index in [1.54, 1.807) is 0 Å². The zero-order valence-electron chi connectivity index (χ0n) is 5.95. The molecule has 1 rings (SSSR count). The van der Waals surface area contributed by atoms with Crippen LogP contribution in [0.25, 0.3) is 0 Å². The van der Waals surface area contributed by atoms with Gasteiger partial charge in [-0.15, -0.1) is 0 Å². The molecule has 0 amide bonds. The van der Waals surface area contributed by atoms with E-state index in [4.69, 9.17) is 4.74 Å². The van der Waals surface area contributed by atoms with Crippen LogP contribution >= 0.6 is 0 Å². The van der Waals surface area contributed by atoms with Crippen LogP contribution in [0.2, 0.25) is 0 Å². The molecule has 0 radical (unpaired) electrons. The fourth-order valence-electron chi connectivity index (χ4n) is 1.09. The molecule has 2 nitrogen and oxygen atoms in total. The number of hydrogen-bond acceptors (Lipinski definition) is 2. The maximum Gasteiger partial charge on any atom is 0.142 e. The largest absolute Gasteiger partial charge is 0.374 e. The summed E-state index contributed by atoms with van der Waals surface area (Å²) in [5.41, 5.74) is 0. The summed E-state index contributed by atoms with van der Waals surface area (Å²) in [7, 11) is 0. The fraction of sp³-hybridized carbons (Fsp3) is 0.625. The summed E-state index contributed by atoms with van der Waals surface area (Å²) in [6.07, 6.45) is 7.75. The van der Waals surface area contributed by atoms with E-state index in [9.17, 15) is 4.79 Å². The minimum absolute atomic E-state index is 0.193. The molecular weight excluding hydrogens is 128 g/mol. The summed E-state index contributed by atoms with van der Waals surface area (Å²) >= 11 is 0. The third-order valence-corrected chi connectivity index (χ3v) is 1.62. The number of hydrogen-bond donors (Lipinski definition) is 0. The van der Waals surface area contributed by atoms with E-state index in [2.05, 4.69) is 0 Å². The number of allylic oxidation sites excluding steroid dienone is 1. The van der Waals surface area contributed by atoms with Crippen molar-refractivity contribution < 1.29 is 9.53 Å². The van der Waals surface area contributed by atoms with Gasteiger partial charge in [-0.1, -0.05) is 6.08 Å². The zero-order valence-corrected chi connectivity index (χ0v) is 5.95. The quantitative estimate of drug-likeness (QED) is 0.427. The molecule has 0 bridgehead atoms. The lowest BCUT2D eigenvalue weighted by molar-refractivity contribution is -0.104. The van der Waals surface area contributed by atoms with Gasteiger partial charge in [-0.3, -0.25) is 4.79 Å². The second-order valence-corrected chi connectivity index (χ2v) is 2.43. The third kappa shape index (κ3) is 2.31. The van der Waals surface area contributed by atoms with E-state index >= 15 is 0 Å². The smallest absolute Gasteiger partial charge is 0.142 e. The predicted molar refractivity (Wildman–Crippen MR) is 38.8 cm³/mol. The maximum atomic E-state index is 9.91. The van der Waals surface area contributed by atoms with E-state index in [0.29, 0.717) is 0 Å². The van der Waals surface area contributed by atoms with Crippen LogP contribution < -0.4 is 0 Å². The average Bonchev–Trinajstić information content (AvgIpc) is 2.03. The van der Waals surface area contributed by atoms with Crippen LogP contribution in [0.15, 0.2) is 12.2 Å². The lowest BCUT2D eigenvalue weighted by atomic mass is 10.1. The molecule has 0 N–H and O–H groups in total. The first-order chi connectivity index (χ1) is 4.93. The van der Waals surface area contributed by atoms with Crippen molar-refractivity contribution in [3.8, 4) is 0 Å². The molecule has 0 aromatic rings. The van der Waals surface area contributed by atoms with E-state index in [1.807, 2.05) is 6.08 Å². The van der Waals surface area contributed by atoms with Crippen LogP contribution in [0.5, 0.6) is 0 Å². The van der Waals surface area contributed by atoms with Crippen LogP contribution in [-0.2, 0) is 9.53 Å². The van der Waals surface area contributed by atoms with Gasteiger partial charge in [0.15, 0.2) is 0 Å². The van der Waals surface area contributed by atoms with Gasteiger partial charge >= 0.3 is 0 Å². The number of rotatable bonds is 2. The van der Waals surface area contributed by atoms with Crippen molar-refractivity contribution in [3.63, 3.8) is 0 Å². The second kappa shape index (κ2) is 4.23. The summed E-state index contributed by atoms with van der Waals surface area (Å²) < 4.78 is 5.33. The lowest BCUT2D eigenvalue weighted by Gasteiger charge is -2.18. The van der Waals surface area contributed by atoms with Gasteiger partial charge < -0.3 is 4.74 Å². The first-order valence-corrected chi connectivity index (χ1v) is 3.67. The Labute approximate surface area is 60.9 Å². The first-order valence-electron chi connectivity index (χ1n) is 3.67. The Hall–Kier alpha value is -0.630. The lowest BCUT2D eigenvalue weighted by Crippen LogP contribution is -2.16. The summed E-state index contributed by atoms with van der Waals surface area (Å²) in [6, 6.07) is 0. The maximum absolute atomic E-state index is 9.91. The van der Waals surface area contributed by atoms with Gasteiger partial charge in [-0.05, 0) is 25.3 Å². The molecule has 1 atom stereocenters. The summed E-state index contributed by atoms with van der Waals surface area (Å²) in [5, 5.41) is 0. The molecular formula is C8H12O2. The van der Waals surface area contributed by atoms with Crippen molar-refractivity contribution in [2.45, 2.75) is 25.4 Å². The number of carbonyl (C=O) groups is 1. The molecule has 0 aromatic heterocycles. The first kappa shape index (κ1) is 7.48. The average molecular weight is 140 g/mol. The Bertz CT molecular complexity index is 123. The molecule has 56 valence electrons. The van der Waals surface area contributed by atoms with Crippen LogP contribution in [-0.4, -0.2) is 19.0 Å². The highest BCUT2D eigenvalue weighted by atomic mass is 16.5. The summed E-state index contributed by atoms with van der Waals surface area (Å²) in [5.74, 6) is 0. The number of ether oxygens (including phenoxy) is 1. The topological polar surface area (TPSA) is 26.3 Å². The van der Waals surface area contributed by atoms with Gasteiger partial charge in [0, 0.05) is 6.61 Å². The molecule has 1 unspecified atom stereocenters. The van der Waals surface area contributed by atoms with E-state index < -0.39 is 0 Å². The Kier molecular flexibility index (Phi) is 3.16. The molecule has 0 aliphatic carbocycles.